The van der Waals surface area contributed by atoms with Crippen LogP contribution in [-0.2, 0) is 0 Å². The Bertz CT molecular complexity index is 1330. The van der Waals surface area contributed by atoms with Crippen molar-refractivity contribution in [2.24, 2.45) is 5.92 Å². The molecule has 0 spiro atoms. The lowest BCUT2D eigenvalue weighted by Gasteiger charge is -2.18. The Kier molecular flexibility index (Phi) is 4.50. The minimum absolute atomic E-state index is 0.0198. The lowest BCUT2D eigenvalue weighted by Crippen LogP contribution is -2.34. The quantitative estimate of drug-likeness (QED) is 0.488. The number of oxazole rings is 1. The van der Waals surface area contributed by atoms with Crippen LogP contribution in [0.15, 0.2) is 34.7 Å². The zero-order valence-electron chi connectivity index (χ0n) is 17.8. The number of nitrogens with one attached hydrogen (secondary N) is 1. The van der Waals surface area contributed by atoms with Crippen LogP contribution < -0.4 is 10.2 Å². The number of aromatic nitrogens is 3. The molecule has 2 N–H and O–H groups in total. The normalized spacial score (nSPS) is 18.8. The van der Waals surface area contributed by atoms with E-state index < -0.39 is 11.6 Å². The van der Waals surface area contributed by atoms with E-state index in [2.05, 4.69) is 20.2 Å². The third kappa shape index (κ3) is 3.44. The van der Waals surface area contributed by atoms with Gasteiger partial charge in [-0.05, 0) is 62.1 Å². The molecule has 4 aromatic rings. The van der Waals surface area contributed by atoms with Crippen LogP contribution in [0.4, 0.5) is 10.2 Å². The molecule has 164 valence electrons. The number of nitrogens with zero attached hydrogens (tertiary/aromatic N) is 4. The van der Waals surface area contributed by atoms with Gasteiger partial charge in [0.15, 0.2) is 23.0 Å². The van der Waals surface area contributed by atoms with E-state index in [9.17, 15) is 9.50 Å². The molecule has 1 aliphatic heterocycles. The lowest BCUT2D eigenvalue weighted by atomic mass is 10.1. The van der Waals surface area contributed by atoms with E-state index in [1.54, 1.807) is 19.1 Å². The molecule has 7 nitrogen and oxygen atoms in total. The summed E-state index contributed by atoms with van der Waals surface area (Å²) in [7, 11) is 0. The first-order chi connectivity index (χ1) is 15.5. The largest absolute Gasteiger partial charge is 0.504 e. The first kappa shape index (κ1) is 19.4. The van der Waals surface area contributed by atoms with E-state index >= 15 is 0 Å². The summed E-state index contributed by atoms with van der Waals surface area (Å²) in [5, 5.41) is 14.1. The van der Waals surface area contributed by atoms with Crippen molar-refractivity contribution in [2.75, 3.05) is 24.5 Å². The molecule has 1 saturated carbocycles. The average Bonchev–Trinajstić information content (AvgIpc) is 3.37. The van der Waals surface area contributed by atoms with Gasteiger partial charge in [-0.25, -0.2) is 19.3 Å². The van der Waals surface area contributed by atoms with Crippen LogP contribution in [0, 0.1) is 18.7 Å². The second-order valence-electron chi connectivity index (χ2n) is 8.85. The maximum atomic E-state index is 14.6. The second-order valence-corrected chi connectivity index (χ2v) is 8.85. The maximum absolute atomic E-state index is 14.6. The molecule has 32 heavy (non-hydrogen) atoms. The highest BCUT2D eigenvalue weighted by atomic mass is 19.1. The smallest absolute Gasteiger partial charge is 0.195 e. The molecular formula is C24H24FN5O2. The first-order valence-corrected chi connectivity index (χ1v) is 11.1. The van der Waals surface area contributed by atoms with Crippen molar-refractivity contribution in [3.63, 3.8) is 0 Å². The summed E-state index contributed by atoms with van der Waals surface area (Å²) in [6.07, 6.45) is 3.85. The van der Waals surface area contributed by atoms with Gasteiger partial charge in [-0.3, -0.25) is 0 Å². The van der Waals surface area contributed by atoms with Crippen molar-refractivity contribution in [3.8, 4) is 17.0 Å². The number of benzene rings is 1. The summed E-state index contributed by atoms with van der Waals surface area (Å²) in [4.78, 5) is 15.7. The molecule has 0 radical (unpaired) electrons. The number of hydrogen-bond acceptors (Lipinski definition) is 7. The highest BCUT2D eigenvalue weighted by Crippen LogP contribution is 2.36. The first-order valence-electron chi connectivity index (χ1n) is 11.1. The number of rotatable bonds is 5. The third-order valence-corrected chi connectivity index (χ3v) is 6.41. The Labute approximate surface area is 184 Å². The number of pyridine rings is 2. The molecular weight excluding hydrogens is 409 g/mol. The van der Waals surface area contributed by atoms with Gasteiger partial charge in [0.2, 0.25) is 0 Å². The summed E-state index contributed by atoms with van der Waals surface area (Å²) in [5.41, 5.74) is 2.46. The van der Waals surface area contributed by atoms with Gasteiger partial charge in [0.25, 0.3) is 0 Å². The standard InChI is InChI=1S/C24H24FN5O2/c1-13-27-23-20(32-13)10-16(24(31)22(23)25)17-4-5-19-18(28-17)6-7-21(29-19)30-9-8-15(12-30)26-11-14-2-3-14/h4-7,10,14-15,26,31H,2-3,8-9,11-12H2,1H3. The van der Waals surface area contributed by atoms with Crippen LogP contribution in [0.25, 0.3) is 33.4 Å². The highest BCUT2D eigenvalue weighted by molar-refractivity contribution is 5.87. The van der Waals surface area contributed by atoms with Crippen molar-refractivity contribution in [1.29, 1.82) is 0 Å². The fourth-order valence-corrected chi connectivity index (χ4v) is 4.44. The Morgan fingerprint density at radius 3 is 2.78 bits per heavy atom. The van der Waals surface area contributed by atoms with Crippen molar-refractivity contribution >= 4 is 28.0 Å². The van der Waals surface area contributed by atoms with Crippen molar-refractivity contribution in [3.05, 3.63) is 42.0 Å². The maximum Gasteiger partial charge on any atom is 0.195 e. The Hall–Kier alpha value is -3.26. The number of fused-ring (bicyclic) bond motifs is 2. The van der Waals surface area contributed by atoms with Crippen LogP contribution in [0.3, 0.4) is 0 Å². The Morgan fingerprint density at radius 1 is 1.12 bits per heavy atom. The number of aryl methyl sites for hydroxylation is 1. The van der Waals surface area contributed by atoms with E-state index in [1.165, 1.54) is 12.8 Å². The molecule has 4 heterocycles. The van der Waals surface area contributed by atoms with Crippen molar-refractivity contribution in [2.45, 2.75) is 32.2 Å². The third-order valence-electron chi connectivity index (χ3n) is 6.41. The molecule has 0 amide bonds. The molecule has 1 aliphatic carbocycles. The number of halogens is 1. The van der Waals surface area contributed by atoms with Gasteiger partial charge >= 0.3 is 0 Å². The molecule has 2 aliphatic rings. The fraction of sp³-hybridized carbons (Fsp3) is 0.375. The van der Waals surface area contributed by atoms with E-state index in [1.807, 2.05) is 18.2 Å². The van der Waals surface area contributed by atoms with Crippen LogP contribution in [0.1, 0.15) is 25.2 Å². The van der Waals surface area contributed by atoms with E-state index in [4.69, 9.17) is 9.40 Å². The summed E-state index contributed by atoms with van der Waals surface area (Å²) in [6.45, 7) is 4.71. The van der Waals surface area contributed by atoms with Crippen LogP contribution in [0.2, 0.25) is 0 Å². The molecule has 3 aromatic heterocycles. The SMILES string of the molecule is Cc1nc2c(F)c(O)c(-c3ccc4nc(N5CCC(NCC6CC6)C5)ccc4n3)cc2o1. The van der Waals surface area contributed by atoms with Crippen LogP contribution in [-0.4, -0.2) is 45.7 Å². The monoisotopic (exact) mass is 433 g/mol. The molecule has 1 aromatic carbocycles. The van der Waals surface area contributed by atoms with Gasteiger partial charge in [0.05, 0.1) is 16.7 Å². The van der Waals surface area contributed by atoms with Gasteiger partial charge in [-0.15, -0.1) is 0 Å². The van der Waals surface area contributed by atoms with Gasteiger partial charge in [-0.2, -0.15) is 0 Å². The molecule has 0 bridgehead atoms. The average molecular weight is 433 g/mol. The van der Waals surface area contributed by atoms with E-state index in [0.29, 0.717) is 23.1 Å². The van der Waals surface area contributed by atoms with Gasteiger partial charge in [-0.1, -0.05) is 0 Å². The second kappa shape index (κ2) is 7.41. The zero-order chi connectivity index (χ0) is 21.8. The van der Waals surface area contributed by atoms with Crippen LogP contribution >= 0.6 is 0 Å². The van der Waals surface area contributed by atoms with Gasteiger partial charge < -0.3 is 19.7 Å². The van der Waals surface area contributed by atoms with Gasteiger partial charge in [0.1, 0.15) is 11.3 Å². The molecule has 6 rings (SSSR count). The summed E-state index contributed by atoms with van der Waals surface area (Å²) >= 11 is 0. The number of aromatic hydroxyl groups is 1. The fourth-order valence-electron chi connectivity index (χ4n) is 4.44. The highest BCUT2D eigenvalue weighted by Gasteiger charge is 2.27. The molecule has 8 heteroatoms. The van der Waals surface area contributed by atoms with Crippen molar-refractivity contribution < 1.29 is 13.9 Å². The molecule has 1 saturated heterocycles. The zero-order valence-corrected chi connectivity index (χ0v) is 17.8. The predicted octanol–water partition coefficient (Wildman–Crippen LogP) is 4.17. The van der Waals surface area contributed by atoms with Crippen molar-refractivity contribution in [1.82, 2.24) is 20.3 Å². The van der Waals surface area contributed by atoms with E-state index in [-0.39, 0.29) is 16.7 Å². The topological polar surface area (TPSA) is 87.3 Å². The summed E-state index contributed by atoms with van der Waals surface area (Å²) < 4.78 is 20.1. The number of hydrogen-bond donors (Lipinski definition) is 2. The summed E-state index contributed by atoms with van der Waals surface area (Å²) in [6, 6.07) is 9.59. The predicted molar refractivity (Wildman–Crippen MR) is 120 cm³/mol. The lowest BCUT2D eigenvalue weighted by molar-refractivity contribution is 0.437. The number of phenolic OH excluding ortho intramolecular Hbond substituents is 1. The van der Waals surface area contributed by atoms with E-state index in [0.717, 1.165) is 43.3 Å². The van der Waals surface area contributed by atoms with Gasteiger partial charge in [0, 0.05) is 31.6 Å². The Morgan fingerprint density at radius 2 is 1.94 bits per heavy atom. The minimum atomic E-state index is -0.802. The van der Waals surface area contributed by atoms with Crippen LogP contribution in [0.5, 0.6) is 5.75 Å². The molecule has 1 atom stereocenters. The molecule has 2 fully saturated rings. The summed E-state index contributed by atoms with van der Waals surface area (Å²) in [5.74, 6) is 0.873. The Balaban J connectivity index is 1.28. The molecule has 1 unspecified atom stereocenters. The number of anilines is 1. The minimum Gasteiger partial charge on any atom is -0.504 e. The number of phenols is 1.